The van der Waals surface area contributed by atoms with Crippen LogP contribution in [0.15, 0.2) is 18.2 Å². The van der Waals surface area contributed by atoms with E-state index in [2.05, 4.69) is 15.9 Å². The highest BCUT2D eigenvalue weighted by Crippen LogP contribution is 2.28. The van der Waals surface area contributed by atoms with Crippen molar-refractivity contribution in [3.8, 4) is 0 Å². The normalized spacial score (nSPS) is 16.2. The summed E-state index contributed by atoms with van der Waals surface area (Å²) >= 11 is 3.25. The molecule has 0 saturated carbocycles. The molecule has 0 spiro atoms. The van der Waals surface area contributed by atoms with Crippen LogP contribution in [0.3, 0.4) is 0 Å². The van der Waals surface area contributed by atoms with Crippen LogP contribution in [0.5, 0.6) is 0 Å². The summed E-state index contributed by atoms with van der Waals surface area (Å²) in [5.74, 6) is 0.122. The molecule has 1 amide bonds. The number of alkyl halides is 1. The van der Waals surface area contributed by atoms with Gasteiger partial charge in [0, 0.05) is 18.3 Å². The minimum atomic E-state index is -0.194. The third kappa shape index (κ3) is 1.78. The Kier molecular flexibility index (Phi) is 2.84. The second kappa shape index (κ2) is 4.01. The highest BCUT2D eigenvalue weighted by molar-refractivity contribution is 9.10. The van der Waals surface area contributed by atoms with E-state index in [1.165, 1.54) is 0 Å². The SMILES string of the molecule is CC(Br)C(=O)c1ccc2c(c1)CC(=O)N2C. The molecule has 1 aromatic carbocycles. The van der Waals surface area contributed by atoms with Crippen LogP contribution in [0.2, 0.25) is 0 Å². The molecular formula is C12H12BrNO2. The third-order valence-corrected chi connectivity index (χ3v) is 3.22. The summed E-state index contributed by atoms with van der Waals surface area (Å²) in [7, 11) is 1.75. The van der Waals surface area contributed by atoms with E-state index >= 15 is 0 Å². The van der Waals surface area contributed by atoms with Gasteiger partial charge >= 0.3 is 0 Å². The number of hydrogen-bond acceptors (Lipinski definition) is 2. The molecule has 4 heteroatoms. The Morgan fingerprint density at radius 1 is 1.50 bits per heavy atom. The van der Waals surface area contributed by atoms with Crippen LogP contribution in [0.25, 0.3) is 0 Å². The van der Waals surface area contributed by atoms with Gasteiger partial charge in [-0.2, -0.15) is 0 Å². The van der Waals surface area contributed by atoms with Gasteiger partial charge in [-0.15, -0.1) is 0 Å². The zero-order valence-electron chi connectivity index (χ0n) is 9.16. The van der Waals surface area contributed by atoms with E-state index in [0.717, 1.165) is 11.3 Å². The van der Waals surface area contributed by atoms with Gasteiger partial charge in [-0.05, 0) is 30.7 Å². The molecular weight excluding hydrogens is 270 g/mol. The van der Waals surface area contributed by atoms with Gasteiger partial charge in [-0.25, -0.2) is 0 Å². The van der Waals surface area contributed by atoms with Crippen molar-refractivity contribution < 1.29 is 9.59 Å². The van der Waals surface area contributed by atoms with E-state index < -0.39 is 0 Å². The zero-order valence-corrected chi connectivity index (χ0v) is 10.7. The fourth-order valence-electron chi connectivity index (χ4n) is 1.85. The Balaban J connectivity index is 2.39. The molecule has 1 unspecified atom stereocenters. The van der Waals surface area contributed by atoms with Crippen LogP contribution < -0.4 is 4.90 Å². The molecule has 1 aliphatic heterocycles. The Labute approximate surface area is 103 Å². The summed E-state index contributed by atoms with van der Waals surface area (Å²) in [6.45, 7) is 1.80. The first-order chi connectivity index (χ1) is 7.50. The van der Waals surface area contributed by atoms with Crippen molar-refractivity contribution in [3.05, 3.63) is 29.3 Å². The average molecular weight is 282 g/mol. The van der Waals surface area contributed by atoms with E-state index in [1.54, 1.807) is 24.9 Å². The Morgan fingerprint density at radius 3 is 2.81 bits per heavy atom. The number of hydrogen-bond donors (Lipinski definition) is 0. The van der Waals surface area contributed by atoms with E-state index in [4.69, 9.17) is 0 Å². The van der Waals surface area contributed by atoms with Crippen LogP contribution in [0.1, 0.15) is 22.8 Å². The minimum absolute atomic E-state index is 0.0461. The number of nitrogens with zero attached hydrogens (tertiary/aromatic N) is 1. The lowest BCUT2D eigenvalue weighted by molar-refractivity contribution is -0.117. The van der Waals surface area contributed by atoms with E-state index in [0.29, 0.717) is 12.0 Å². The van der Waals surface area contributed by atoms with Crippen molar-refractivity contribution in [1.29, 1.82) is 0 Å². The number of benzene rings is 1. The van der Waals surface area contributed by atoms with Gasteiger partial charge in [-0.1, -0.05) is 15.9 Å². The monoisotopic (exact) mass is 281 g/mol. The molecule has 0 radical (unpaired) electrons. The average Bonchev–Trinajstić information content (AvgIpc) is 2.53. The van der Waals surface area contributed by atoms with Gasteiger partial charge < -0.3 is 4.90 Å². The Morgan fingerprint density at radius 2 is 2.19 bits per heavy atom. The summed E-state index contributed by atoms with van der Waals surface area (Å²) in [6.07, 6.45) is 0.392. The highest BCUT2D eigenvalue weighted by Gasteiger charge is 2.25. The van der Waals surface area contributed by atoms with Gasteiger partial charge in [0.2, 0.25) is 5.91 Å². The number of fused-ring (bicyclic) bond motifs is 1. The van der Waals surface area contributed by atoms with Crippen molar-refractivity contribution in [2.75, 3.05) is 11.9 Å². The number of carbonyl (C=O) groups excluding carboxylic acids is 2. The number of carbonyl (C=O) groups is 2. The number of rotatable bonds is 2. The van der Waals surface area contributed by atoms with Crippen molar-refractivity contribution >= 4 is 33.3 Å². The first-order valence-corrected chi connectivity index (χ1v) is 6.00. The quantitative estimate of drug-likeness (QED) is 0.616. The van der Waals surface area contributed by atoms with Crippen LogP contribution in [-0.4, -0.2) is 23.6 Å². The molecule has 0 bridgehead atoms. The van der Waals surface area contributed by atoms with Crippen LogP contribution >= 0.6 is 15.9 Å². The number of ketones is 1. The summed E-state index contributed by atoms with van der Waals surface area (Å²) in [5.41, 5.74) is 2.50. The van der Waals surface area contributed by atoms with E-state index in [9.17, 15) is 9.59 Å². The molecule has 16 heavy (non-hydrogen) atoms. The molecule has 0 fully saturated rings. The zero-order chi connectivity index (χ0) is 11.9. The van der Waals surface area contributed by atoms with Gasteiger partial charge in [0.1, 0.15) is 0 Å². The van der Waals surface area contributed by atoms with Crippen LogP contribution in [0.4, 0.5) is 5.69 Å². The van der Waals surface area contributed by atoms with Gasteiger partial charge in [0.15, 0.2) is 5.78 Å². The molecule has 1 heterocycles. The van der Waals surface area contributed by atoms with Crippen molar-refractivity contribution in [1.82, 2.24) is 0 Å². The molecule has 0 aliphatic carbocycles. The minimum Gasteiger partial charge on any atom is -0.315 e. The number of halogens is 1. The molecule has 1 atom stereocenters. The first kappa shape index (κ1) is 11.3. The topological polar surface area (TPSA) is 37.4 Å². The molecule has 3 nitrogen and oxygen atoms in total. The molecule has 0 saturated heterocycles. The number of Topliss-reactive ketones (excluding diaryl/α,β-unsaturated/α-hetero) is 1. The molecule has 2 rings (SSSR count). The molecule has 1 aromatic rings. The van der Waals surface area contributed by atoms with Crippen molar-refractivity contribution in [2.24, 2.45) is 0 Å². The number of likely N-dealkylation sites (N-methyl/N-ethyl adjacent to an activating group) is 1. The van der Waals surface area contributed by atoms with E-state index in [1.807, 2.05) is 12.1 Å². The Hall–Kier alpha value is -1.16. The largest absolute Gasteiger partial charge is 0.315 e. The van der Waals surface area contributed by atoms with Crippen molar-refractivity contribution in [2.45, 2.75) is 18.2 Å². The van der Waals surface area contributed by atoms with Gasteiger partial charge in [-0.3, -0.25) is 9.59 Å². The lowest BCUT2D eigenvalue weighted by atomic mass is 10.0. The summed E-state index contributed by atoms with van der Waals surface area (Å²) in [4.78, 5) is 24.7. The lowest BCUT2D eigenvalue weighted by Gasteiger charge is -2.10. The molecule has 0 N–H and O–H groups in total. The highest BCUT2D eigenvalue weighted by atomic mass is 79.9. The second-order valence-electron chi connectivity index (χ2n) is 3.95. The fourth-order valence-corrected chi connectivity index (χ4v) is 2.12. The predicted molar refractivity (Wildman–Crippen MR) is 66.3 cm³/mol. The maximum Gasteiger partial charge on any atom is 0.231 e. The van der Waals surface area contributed by atoms with Gasteiger partial charge in [0.25, 0.3) is 0 Å². The lowest BCUT2D eigenvalue weighted by Crippen LogP contribution is -2.20. The maximum absolute atomic E-state index is 11.8. The van der Waals surface area contributed by atoms with E-state index in [-0.39, 0.29) is 16.5 Å². The second-order valence-corrected chi connectivity index (χ2v) is 5.33. The maximum atomic E-state index is 11.8. The number of amides is 1. The summed E-state index contributed by atoms with van der Waals surface area (Å²) in [5, 5.41) is 0. The van der Waals surface area contributed by atoms with Gasteiger partial charge in [0.05, 0.1) is 11.2 Å². The van der Waals surface area contributed by atoms with Crippen LogP contribution in [-0.2, 0) is 11.2 Å². The Bertz CT molecular complexity index is 468. The smallest absolute Gasteiger partial charge is 0.231 e. The fraction of sp³-hybridized carbons (Fsp3) is 0.333. The third-order valence-electron chi connectivity index (χ3n) is 2.80. The molecule has 1 aliphatic rings. The summed E-state index contributed by atoms with van der Waals surface area (Å²) < 4.78 is 0. The standard InChI is InChI=1S/C12H12BrNO2/c1-7(13)12(16)8-3-4-10-9(5-8)6-11(15)14(10)2/h3-5,7H,6H2,1-2H3. The summed E-state index contributed by atoms with van der Waals surface area (Å²) in [6, 6.07) is 5.42. The molecule has 84 valence electrons. The van der Waals surface area contributed by atoms with Crippen molar-refractivity contribution in [3.63, 3.8) is 0 Å². The number of anilines is 1. The first-order valence-electron chi connectivity index (χ1n) is 5.08. The van der Waals surface area contributed by atoms with Crippen LogP contribution in [0, 0.1) is 0 Å². The predicted octanol–water partition coefficient (Wildman–Crippen LogP) is 2.17. The molecule has 0 aromatic heterocycles.